The van der Waals surface area contributed by atoms with Crippen LogP contribution in [-0.2, 0) is 4.74 Å². The van der Waals surface area contributed by atoms with Gasteiger partial charge in [-0.1, -0.05) is 45.5 Å². The summed E-state index contributed by atoms with van der Waals surface area (Å²) < 4.78 is 4.83. The summed E-state index contributed by atoms with van der Waals surface area (Å²) in [4.78, 5) is 0. The molecule has 0 aromatic heterocycles. The molecule has 0 saturated heterocycles. The topological polar surface area (TPSA) is 57.1 Å². The van der Waals surface area contributed by atoms with Crippen molar-refractivity contribution in [3.8, 4) is 0 Å². The van der Waals surface area contributed by atoms with Gasteiger partial charge in [0, 0.05) is 17.5 Å². The van der Waals surface area contributed by atoms with Crippen molar-refractivity contribution in [1.82, 2.24) is 5.32 Å². The van der Waals surface area contributed by atoms with Gasteiger partial charge in [0.25, 0.3) is 0 Å². The average Bonchev–Trinajstić information content (AvgIpc) is 2.60. The fourth-order valence-corrected chi connectivity index (χ4v) is 2.32. The molecule has 1 aromatic rings. The van der Waals surface area contributed by atoms with Crippen LogP contribution in [0.2, 0.25) is 0 Å². The zero-order valence-electron chi connectivity index (χ0n) is 15.1. The fraction of sp³-hybridized carbons (Fsp3) is 0.350. The second-order valence-electron chi connectivity index (χ2n) is 5.61. The number of para-hydroxylation sites is 1. The lowest BCUT2D eigenvalue weighted by Crippen LogP contribution is -2.22. The average molecular weight is 327 g/mol. The Morgan fingerprint density at radius 2 is 1.92 bits per heavy atom. The molecule has 1 aromatic carbocycles. The molecule has 0 fully saturated rings. The minimum atomic E-state index is 0.0946. The zero-order valence-corrected chi connectivity index (χ0v) is 15.1. The Bertz CT molecular complexity index is 603. The minimum Gasteiger partial charge on any atom is -0.481 e. The SMILES string of the molecule is C=C(/C=C\C(=N)OC)N/C(Nc1ccccc1)=C(/CC)C(C)CC. The van der Waals surface area contributed by atoms with Crippen molar-refractivity contribution in [2.24, 2.45) is 5.92 Å². The van der Waals surface area contributed by atoms with Crippen LogP contribution >= 0.6 is 0 Å². The monoisotopic (exact) mass is 327 g/mol. The second-order valence-corrected chi connectivity index (χ2v) is 5.61. The molecule has 3 N–H and O–H groups in total. The minimum absolute atomic E-state index is 0.0946. The van der Waals surface area contributed by atoms with E-state index in [1.54, 1.807) is 12.2 Å². The molecule has 0 saturated carbocycles. The molecule has 0 radical (unpaired) electrons. The normalized spacial score (nSPS) is 13.2. The van der Waals surface area contributed by atoms with Gasteiger partial charge < -0.3 is 15.4 Å². The largest absolute Gasteiger partial charge is 0.481 e. The maximum Gasteiger partial charge on any atom is 0.205 e. The third kappa shape index (κ3) is 6.32. The van der Waals surface area contributed by atoms with Crippen LogP contribution < -0.4 is 10.6 Å². The van der Waals surface area contributed by atoms with Crippen molar-refractivity contribution in [2.45, 2.75) is 33.6 Å². The number of rotatable bonds is 9. The number of ether oxygens (including phenoxy) is 1. The number of allylic oxidation sites excluding steroid dienone is 2. The van der Waals surface area contributed by atoms with Gasteiger partial charge >= 0.3 is 0 Å². The number of nitrogens with one attached hydrogen (secondary N) is 3. The van der Waals surface area contributed by atoms with Crippen LogP contribution in [0, 0.1) is 11.3 Å². The summed E-state index contributed by atoms with van der Waals surface area (Å²) in [6.07, 6.45) is 5.33. The summed E-state index contributed by atoms with van der Waals surface area (Å²) in [5.41, 5.74) is 3.04. The van der Waals surface area contributed by atoms with Crippen molar-refractivity contribution in [2.75, 3.05) is 12.4 Å². The van der Waals surface area contributed by atoms with Gasteiger partial charge in [-0.3, -0.25) is 5.41 Å². The molecule has 4 heteroatoms. The molecule has 0 aliphatic carbocycles. The summed E-state index contributed by atoms with van der Waals surface area (Å²) >= 11 is 0. The molecule has 1 rings (SSSR count). The van der Waals surface area contributed by atoms with E-state index >= 15 is 0 Å². The Labute approximate surface area is 145 Å². The summed E-state index contributed by atoms with van der Waals surface area (Å²) in [5.74, 6) is 1.51. The van der Waals surface area contributed by atoms with E-state index in [4.69, 9.17) is 10.1 Å². The van der Waals surface area contributed by atoms with Crippen molar-refractivity contribution < 1.29 is 4.74 Å². The van der Waals surface area contributed by atoms with E-state index in [-0.39, 0.29) is 5.90 Å². The molecule has 1 atom stereocenters. The van der Waals surface area contributed by atoms with Crippen molar-refractivity contribution in [1.29, 1.82) is 5.41 Å². The van der Waals surface area contributed by atoms with E-state index in [0.29, 0.717) is 11.6 Å². The van der Waals surface area contributed by atoms with Gasteiger partial charge in [-0.05, 0) is 42.5 Å². The van der Waals surface area contributed by atoms with Crippen LogP contribution in [-0.4, -0.2) is 13.0 Å². The maximum atomic E-state index is 7.51. The van der Waals surface area contributed by atoms with E-state index < -0.39 is 0 Å². The standard InChI is InChI=1S/C20H29N3O/c1-6-15(3)18(7-2)20(23-17-11-9-8-10-12-17)22-16(4)13-14-19(21)24-5/h8-15,21-23H,4,6-7H2,1-3,5H3/b14-13-,20-18+,21-19?. The van der Waals surface area contributed by atoms with Gasteiger partial charge in [-0.15, -0.1) is 0 Å². The van der Waals surface area contributed by atoms with Crippen LogP contribution in [0.4, 0.5) is 5.69 Å². The van der Waals surface area contributed by atoms with Gasteiger partial charge in [0.2, 0.25) is 5.90 Å². The number of benzene rings is 1. The van der Waals surface area contributed by atoms with Gasteiger partial charge in [-0.2, -0.15) is 0 Å². The van der Waals surface area contributed by atoms with E-state index in [9.17, 15) is 0 Å². The highest BCUT2D eigenvalue weighted by molar-refractivity contribution is 5.85. The van der Waals surface area contributed by atoms with Gasteiger partial charge in [0.05, 0.1) is 7.11 Å². The third-order valence-corrected chi connectivity index (χ3v) is 3.89. The van der Waals surface area contributed by atoms with Gasteiger partial charge in [-0.25, -0.2) is 0 Å². The molecule has 1 unspecified atom stereocenters. The van der Waals surface area contributed by atoms with Crippen LogP contribution in [0.3, 0.4) is 0 Å². The lowest BCUT2D eigenvalue weighted by molar-refractivity contribution is 0.403. The Hall–Kier alpha value is -2.49. The number of anilines is 1. The molecule has 0 amide bonds. The van der Waals surface area contributed by atoms with E-state index in [2.05, 4.69) is 38.0 Å². The predicted octanol–water partition coefficient (Wildman–Crippen LogP) is 5.05. The molecule has 0 heterocycles. The quantitative estimate of drug-likeness (QED) is 0.338. The highest BCUT2D eigenvalue weighted by Gasteiger charge is 2.12. The molecular formula is C20H29N3O. The van der Waals surface area contributed by atoms with Gasteiger partial charge in [0.1, 0.15) is 5.82 Å². The highest BCUT2D eigenvalue weighted by atomic mass is 16.5. The molecule has 4 nitrogen and oxygen atoms in total. The molecule has 0 spiro atoms. The molecule has 0 aliphatic rings. The van der Waals surface area contributed by atoms with Crippen molar-refractivity contribution >= 4 is 11.6 Å². The Kier molecular flexibility index (Phi) is 8.41. The van der Waals surface area contributed by atoms with Crippen LogP contribution in [0.1, 0.15) is 33.6 Å². The van der Waals surface area contributed by atoms with Gasteiger partial charge in [0.15, 0.2) is 0 Å². The third-order valence-electron chi connectivity index (χ3n) is 3.89. The number of hydrogen-bond acceptors (Lipinski definition) is 4. The lowest BCUT2D eigenvalue weighted by atomic mass is 9.96. The summed E-state index contributed by atoms with van der Waals surface area (Å²) in [6.45, 7) is 10.6. The fourth-order valence-electron chi connectivity index (χ4n) is 2.32. The molecular weight excluding hydrogens is 298 g/mol. The Morgan fingerprint density at radius 3 is 2.46 bits per heavy atom. The zero-order chi connectivity index (χ0) is 17.9. The Morgan fingerprint density at radius 1 is 1.25 bits per heavy atom. The smallest absolute Gasteiger partial charge is 0.205 e. The van der Waals surface area contributed by atoms with E-state index in [0.717, 1.165) is 24.4 Å². The maximum absolute atomic E-state index is 7.51. The second kappa shape index (κ2) is 10.3. The number of hydrogen-bond donors (Lipinski definition) is 3. The summed E-state index contributed by atoms with van der Waals surface area (Å²) in [7, 11) is 1.48. The summed E-state index contributed by atoms with van der Waals surface area (Å²) in [6, 6.07) is 10.1. The first-order valence-corrected chi connectivity index (χ1v) is 8.33. The van der Waals surface area contributed by atoms with E-state index in [1.807, 2.05) is 30.3 Å². The molecule has 0 bridgehead atoms. The molecule has 0 aliphatic heterocycles. The van der Waals surface area contributed by atoms with Crippen molar-refractivity contribution in [3.05, 3.63) is 66.2 Å². The first-order chi connectivity index (χ1) is 11.5. The van der Waals surface area contributed by atoms with Crippen LogP contribution in [0.5, 0.6) is 0 Å². The molecule has 130 valence electrons. The van der Waals surface area contributed by atoms with E-state index in [1.165, 1.54) is 12.7 Å². The molecule has 24 heavy (non-hydrogen) atoms. The first-order valence-electron chi connectivity index (χ1n) is 8.33. The van der Waals surface area contributed by atoms with Crippen molar-refractivity contribution in [3.63, 3.8) is 0 Å². The predicted molar refractivity (Wildman–Crippen MR) is 103 cm³/mol. The highest BCUT2D eigenvalue weighted by Crippen LogP contribution is 2.22. The lowest BCUT2D eigenvalue weighted by Gasteiger charge is -2.22. The first kappa shape index (κ1) is 19.6. The summed E-state index contributed by atoms with van der Waals surface area (Å²) in [5, 5.41) is 14.3. The number of methoxy groups -OCH3 is 1. The van der Waals surface area contributed by atoms with Crippen LogP contribution in [0.25, 0.3) is 0 Å². The Balaban J connectivity index is 3.04. The van der Waals surface area contributed by atoms with Crippen LogP contribution in [0.15, 0.2) is 66.2 Å².